The van der Waals surface area contributed by atoms with Crippen molar-refractivity contribution in [1.82, 2.24) is 5.32 Å². The molecule has 0 spiro atoms. The van der Waals surface area contributed by atoms with E-state index >= 15 is 0 Å². The molecule has 208 valence electrons. The molecule has 1 heterocycles. The van der Waals surface area contributed by atoms with Gasteiger partial charge in [-0.3, -0.25) is 14.9 Å². The Balaban J connectivity index is 1.46. The lowest BCUT2D eigenvalue weighted by atomic mass is 10.0. The van der Waals surface area contributed by atoms with Crippen molar-refractivity contribution in [2.45, 2.75) is 33.8 Å². The largest absolute Gasteiger partial charge is 0.490 e. The number of halogens is 1. The summed E-state index contributed by atoms with van der Waals surface area (Å²) in [7, 11) is 0. The molecule has 1 aliphatic heterocycles. The van der Waals surface area contributed by atoms with Gasteiger partial charge in [0.2, 0.25) is 0 Å². The summed E-state index contributed by atoms with van der Waals surface area (Å²) in [6, 6.07) is 21.7. The number of carbonyl (C=O) groups excluding carboxylic acids is 3. The molecule has 0 unspecified atom stereocenters. The lowest BCUT2D eigenvalue weighted by Crippen LogP contribution is -2.54. The average Bonchev–Trinajstić information content (AvgIpc) is 2.96. The zero-order chi connectivity index (χ0) is 29.1. The Hall–Kier alpha value is -4.62. The summed E-state index contributed by atoms with van der Waals surface area (Å²) < 4.78 is 12.1. The van der Waals surface area contributed by atoms with Gasteiger partial charge in [0.15, 0.2) is 11.5 Å². The van der Waals surface area contributed by atoms with Gasteiger partial charge in [-0.25, -0.2) is 9.69 Å². The van der Waals surface area contributed by atoms with Crippen molar-refractivity contribution < 1.29 is 23.9 Å². The van der Waals surface area contributed by atoms with Crippen molar-refractivity contribution in [1.29, 1.82) is 0 Å². The summed E-state index contributed by atoms with van der Waals surface area (Å²) in [4.78, 5) is 39.6. The topological polar surface area (TPSA) is 84.9 Å². The number of fused-ring (bicyclic) bond motifs is 1. The van der Waals surface area contributed by atoms with E-state index in [-0.39, 0.29) is 17.2 Å². The standard InChI is InChI=1S/C33H29ClN2O5/c1-4-21-11-14-24(15-12-21)36-32(38)26(31(37)35-33(36)39)16-22-17-28(34)30(29(18-22)40-5-2)41-19-27-20(3)10-13-23-8-6-7-9-25(23)27/h6-18H,4-5,19H2,1-3H3,(H,35,37,39)/b26-16+. The van der Waals surface area contributed by atoms with E-state index in [1.54, 1.807) is 24.3 Å². The van der Waals surface area contributed by atoms with Gasteiger partial charge in [0.1, 0.15) is 12.2 Å². The van der Waals surface area contributed by atoms with E-state index < -0.39 is 17.8 Å². The number of barbiturate groups is 1. The van der Waals surface area contributed by atoms with Crippen molar-refractivity contribution in [3.05, 3.63) is 106 Å². The monoisotopic (exact) mass is 568 g/mol. The van der Waals surface area contributed by atoms with E-state index in [9.17, 15) is 14.4 Å². The van der Waals surface area contributed by atoms with Crippen LogP contribution in [0.1, 0.15) is 36.1 Å². The number of benzene rings is 4. The van der Waals surface area contributed by atoms with Crippen molar-refractivity contribution >= 4 is 52.0 Å². The molecule has 1 saturated heterocycles. The quantitative estimate of drug-likeness (QED) is 0.183. The van der Waals surface area contributed by atoms with E-state index in [4.69, 9.17) is 21.1 Å². The van der Waals surface area contributed by atoms with Crippen LogP contribution in [0.2, 0.25) is 5.02 Å². The maximum Gasteiger partial charge on any atom is 0.335 e. The van der Waals surface area contributed by atoms with Crippen LogP contribution in [-0.2, 0) is 22.6 Å². The summed E-state index contributed by atoms with van der Waals surface area (Å²) in [5, 5.41) is 4.71. The molecule has 4 aromatic carbocycles. The third-order valence-corrected chi connectivity index (χ3v) is 7.26. The molecule has 0 saturated carbocycles. The van der Waals surface area contributed by atoms with Crippen LogP contribution in [0.5, 0.6) is 11.5 Å². The van der Waals surface area contributed by atoms with E-state index in [0.29, 0.717) is 29.4 Å². The van der Waals surface area contributed by atoms with Crippen molar-refractivity contribution in [2.75, 3.05) is 11.5 Å². The predicted molar refractivity (Wildman–Crippen MR) is 160 cm³/mol. The summed E-state index contributed by atoms with van der Waals surface area (Å²) in [5.74, 6) is -0.794. The first-order valence-corrected chi connectivity index (χ1v) is 13.7. The zero-order valence-electron chi connectivity index (χ0n) is 23.0. The molecule has 1 fully saturated rings. The van der Waals surface area contributed by atoms with Crippen LogP contribution in [0.4, 0.5) is 10.5 Å². The SMILES string of the molecule is CCOc1cc(/C=C2\C(=O)NC(=O)N(c3ccc(CC)cc3)C2=O)cc(Cl)c1OCc1c(C)ccc2ccccc12. The predicted octanol–water partition coefficient (Wildman–Crippen LogP) is 7.01. The Morgan fingerprint density at radius 1 is 0.927 bits per heavy atom. The van der Waals surface area contributed by atoms with Crippen LogP contribution in [0.25, 0.3) is 16.8 Å². The van der Waals surface area contributed by atoms with E-state index in [0.717, 1.165) is 38.8 Å². The molecule has 4 aromatic rings. The van der Waals surface area contributed by atoms with Crippen LogP contribution in [0, 0.1) is 6.92 Å². The van der Waals surface area contributed by atoms with Crippen LogP contribution < -0.4 is 19.7 Å². The lowest BCUT2D eigenvalue weighted by molar-refractivity contribution is -0.122. The second-order valence-corrected chi connectivity index (χ2v) is 10.0. The van der Waals surface area contributed by atoms with Gasteiger partial charge >= 0.3 is 6.03 Å². The molecule has 0 aromatic heterocycles. The van der Waals surface area contributed by atoms with Crippen LogP contribution in [0.3, 0.4) is 0 Å². The maximum atomic E-state index is 13.4. The Labute approximate surface area is 243 Å². The number of aryl methyl sites for hydroxylation is 2. The third kappa shape index (κ3) is 5.67. The van der Waals surface area contributed by atoms with Gasteiger partial charge in [-0.2, -0.15) is 0 Å². The highest BCUT2D eigenvalue weighted by molar-refractivity contribution is 6.39. The number of hydrogen-bond donors (Lipinski definition) is 1. The van der Waals surface area contributed by atoms with E-state index in [1.165, 1.54) is 6.08 Å². The lowest BCUT2D eigenvalue weighted by Gasteiger charge is -2.26. The fourth-order valence-corrected chi connectivity index (χ4v) is 5.07. The summed E-state index contributed by atoms with van der Waals surface area (Å²) in [5.41, 5.74) is 3.78. The smallest absolute Gasteiger partial charge is 0.335 e. The first-order valence-electron chi connectivity index (χ1n) is 13.4. The normalized spacial score (nSPS) is 14.5. The molecule has 8 heteroatoms. The number of anilines is 1. The molecular weight excluding hydrogens is 540 g/mol. The average molecular weight is 569 g/mol. The van der Waals surface area contributed by atoms with Crippen molar-refractivity contribution in [2.24, 2.45) is 0 Å². The molecule has 0 atom stereocenters. The van der Waals surface area contributed by atoms with Gasteiger partial charge < -0.3 is 9.47 Å². The van der Waals surface area contributed by atoms with Gasteiger partial charge in [-0.15, -0.1) is 0 Å². The molecule has 4 amide bonds. The van der Waals surface area contributed by atoms with Gasteiger partial charge in [0.05, 0.1) is 17.3 Å². The number of amides is 4. The summed E-state index contributed by atoms with van der Waals surface area (Å²) in [6.07, 6.45) is 2.21. The second kappa shape index (κ2) is 11.9. The molecular formula is C33H29ClN2O5. The molecule has 0 aliphatic carbocycles. The zero-order valence-corrected chi connectivity index (χ0v) is 23.7. The summed E-state index contributed by atoms with van der Waals surface area (Å²) in [6.45, 7) is 6.49. The number of nitrogens with one attached hydrogen (secondary N) is 1. The molecule has 0 radical (unpaired) electrons. The van der Waals surface area contributed by atoms with Gasteiger partial charge in [-0.1, -0.05) is 67.1 Å². The number of ether oxygens (including phenoxy) is 2. The highest BCUT2D eigenvalue weighted by Gasteiger charge is 2.37. The van der Waals surface area contributed by atoms with Gasteiger partial charge in [0.25, 0.3) is 11.8 Å². The minimum atomic E-state index is -0.804. The van der Waals surface area contributed by atoms with E-state index in [1.807, 2.05) is 45.0 Å². The Bertz CT molecular complexity index is 1690. The Morgan fingerprint density at radius 3 is 2.41 bits per heavy atom. The van der Waals surface area contributed by atoms with E-state index in [2.05, 4.69) is 29.6 Å². The van der Waals surface area contributed by atoms with Crippen LogP contribution in [0.15, 0.2) is 78.4 Å². The van der Waals surface area contributed by atoms with Crippen molar-refractivity contribution in [3.63, 3.8) is 0 Å². The number of hydrogen-bond acceptors (Lipinski definition) is 5. The Morgan fingerprint density at radius 2 is 1.68 bits per heavy atom. The maximum absolute atomic E-state index is 13.4. The van der Waals surface area contributed by atoms with Crippen LogP contribution >= 0.6 is 11.6 Å². The highest BCUT2D eigenvalue weighted by Crippen LogP contribution is 2.39. The van der Waals surface area contributed by atoms with Gasteiger partial charge in [0, 0.05) is 5.56 Å². The first-order chi connectivity index (χ1) is 19.8. The summed E-state index contributed by atoms with van der Waals surface area (Å²) >= 11 is 6.68. The number of carbonyl (C=O) groups is 3. The highest BCUT2D eigenvalue weighted by atomic mass is 35.5. The Kier molecular flexibility index (Phi) is 8.08. The minimum absolute atomic E-state index is 0.206. The minimum Gasteiger partial charge on any atom is -0.490 e. The second-order valence-electron chi connectivity index (χ2n) is 9.61. The molecule has 1 aliphatic rings. The molecule has 0 bridgehead atoms. The van der Waals surface area contributed by atoms with Crippen LogP contribution in [-0.4, -0.2) is 24.5 Å². The fourth-order valence-electron chi connectivity index (χ4n) is 4.79. The fraction of sp³-hybridized carbons (Fsp3) is 0.182. The van der Waals surface area contributed by atoms with Crippen molar-refractivity contribution in [3.8, 4) is 11.5 Å². The third-order valence-electron chi connectivity index (χ3n) is 6.98. The first kappa shape index (κ1) is 27.9. The molecule has 41 heavy (non-hydrogen) atoms. The molecule has 7 nitrogen and oxygen atoms in total. The van der Waals surface area contributed by atoms with Gasteiger partial charge in [-0.05, 0) is 78.1 Å². The number of urea groups is 1. The number of nitrogens with zero attached hydrogens (tertiary/aromatic N) is 1. The molecule has 5 rings (SSSR count). The number of imide groups is 2. The molecule has 1 N–H and O–H groups in total. The number of rotatable bonds is 8.